The molecule has 0 saturated carbocycles. The van der Waals surface area contributed by atoms with Gasteiger partial charge in [0.2, 0.25) is 0 Å². The molecule has 0 aliphatic heterocycles. The van der Waals surface area contributed by atoms with Gasteiger partial charge >= 0.3 is 0 Å². The van der Waals surface area contributed by atoms with E-state index in [2.05, 4.69) is 33.9 Å². The van der Waals surface area contributed by atoms with Crippen molar-refractivity contribution in [3.05, 3.63) is 30.3 Å². The molecule has 0 bridgehead atoms. The lowest BCUT2D eigenvalue weighted by Crippen LogP contribution is -2.46. The Morgan fingerprint density at radius 3 is 2.21 bits per heavy atom. The van der Waals surface area contributed by atoms with Crippen LogP contribution in [0.4, 0.5) is 0 Å². The molecule has 1 rings (SSSR count). The fourth-order valence-corrected chi connectivity index (χ4v) is 2.75. The third kappa shape index (κ3) is 4.97. The fourth-order valence-electron chi connectivity index (χ4n) is 1.42. The summed E-state index contributed by atoms with van der Waals surface area (Å²) in [4.78, 5) is 0. The lowest BCUT2D eigenvalue weighted by Gasteiger charge is -2.38. The first kappa shape index (κ1) is 16.2. The van der Waals surface area contributed by atoms with E-state index in [1.807, 2.05) is 30.3 Å². The predicted molar refractivity (Wildman–Crippen MR) is 81.1 cm³/mol. The van der Waals surface area contributed by atoms with Crippen LogP contribution >= 0.6 is 0 Å². The van der Waals surface area contributed by atoms with Gasteiger partial charge in [-0.1, -0.05) is 39.0 Å². The summed E-state index contributed by atoms with van der Waals surface area (Å²) in [5.74, 6) is 0.805. The van der Waals surface area contributed by atoms with Gasteiger partial charge in [-0.2, -0.15) is 0 Å². The number of hydrogen-bond donors (Lipinski definition) is 1. The van der Waals surface area contributed by atoms with Gasteiger partial charge in [-0.05, 0) is 30.3 Å². The number of para-hydroxylation sites is 1. The molecule has 19 heavy (non-hydrogen) atoms. The van der Waals surface area contributed by atoms with Gasteiger partial charge in [-0.25, -0.2) is 0 Å². The Bertz CT molecular complexity index is 371. The number of benzene rings is 1. The second kappa shape index (κ2) is 6.55. The van der Waals surface area contributed by atoms with Crippen LogP contribution in [0.1, 0.15) is 20.8 Å². The summed E-state index contributed by atoms with van der Waals surface area (Å²) in [6.45, 7) is 11.3. The summed E-state index contributed by atoms with van der Waals surface area (Å²) in [6.07, 6.45) is -0.263. The summed E-state index contributed by atoms with van der Waals surface area (Å²) in [7, 11) is -1.87. The highest BCUT2D eigenvalue weighted by Gasteiger charge is 2.39. The first-order valence-corrected chi connectivity index (χ1v) is 9.63. The molecule has 1 unspecified atom stereocenters. The molecular weight excluding hydrogens is 256 g/mol. The molecule has 0 radical (unpaired) electrons. The van der Waals surface area contributed by atoms with Gasteiger partial charge in [0.05, 0.1) is 6.61 Å². The molecule has 3 nitrogen and oxygen atoms in total. The number of aliphatic hydroxyl groups excluding tert-OH is 1. The minimum Gasteiger partial charge on any atom is -0.491 e. The highest BCUT2D eigenvalue weighted by atomic mass is 28.4. The highest BCUT2D eigenvalue weighted by Crippen LogP contribution is 2.37. The molecule has 0 aliphatic carbocycles. The summed E-state index contributed by atoms with van der Waals surface area (Å²) in [5.41, 5.74) is 0. The molecule has 0 aliphatic rings. The second-order valence-corrected chi connectivity index (χ2v) is 11.1. The van der Waals surface area contributed by atoms with Crippen LogP contribution < -0.4 is 4.74 Å². The largest absolute Gasteiger partial charge is 0.491 e. The maximum atomic E-state index is 9.45. The molecular formula is C15H26O3Si. The van der Waals surface area contributed by atoms with Crippen molar-refractivity contribution in [1.82, 2.24) is 0 Å². The number of ether oxygens (including phenoxy) is 1. The normalized spacial score (nSPS) is 14.2. The van der Waals surface area contributed by atoms with Crippen LogP contribution in [0.2, 0.25) is 18.1 Å². The molecule has 4 heteroatoms. The zero-order chi connectivity index (χ0) is 14.5. The topological polar surface area (TPSA) is 38.7 Å². The van der Waals surface area contributed by atoms with E-state index in [-0.39, 0.29) is 17.7 Å². The van der Waals surface area contributed by atoms with E-state index in [1.165, 1.54) is 0 Å². The van der Waals surface area contributed by atoms with Gasteiger partial charge in [-0.15, -0.1) is 0 Å². The second-order valence-electron chi connectivity index (χ2n) is 6.31. The molecule has 1 atom stereocenters. The van der Waals surface area contributed by atoms with Gasteiger partial charge in [-0.3, -0.25) is 0 Å². The van der Waals surface area contributed by atoms with E-state index in [0.717, 1.165) is 5.75 Å². The smallest absolute Gasteiger partial charge is 0.192 e. The number of rotatable bonds is 6. The summed E-state index contributed by atoms with van der Waals surface area (Å²) >= 11 is 0. The summed E-state index contributed by atoms with van der Waals surface area (Å²) < 4.78 is 11.8. The van der Waals surface area contributed by atoms with E-state index in [9.17, 15) is 5.11 Å². The number of aliphatic hydroxyl groups is 1. The number of hydrogen-bond acceptors (Lipinski definition) is 3. The lowest BCUT2D eigenvalue weighted by atomic mass is 10.2. The molecule has 0 spiro atoms. The van der Waals surface area contributed by atoms with Crippen LogP contribution in [0.3, 0.4) is 0 Å². The van der Waals surface area contributed by atoms with Crippen LogP contribution in [0.25, 0.3) is 0 Å². The third-order valence-electron chi connectivity index (χ3n) is 3.65. The Kier molecular flexibility index (Phi) is 5.59. The Balaban J connectivity index is 2.55. The van der Waals surface area contributed by atoms with E-state index >= 15 is 0 Å². The molecule has 0 aromatic heterocycles. The van der Waals surface area contributed by atoms with Crippen LogP contribution in [0.15, 0.2) is 30.3 Å². The minimum absolute atomic E-state index is 0.0145. The van der Waals surface area contributed by atoms with Crippen LogP contribution in [0.5, 0.6) is 5.75 Å². The van der Waals surface area contributed by atoms with E-state index in [4.69, 9.17) is 9.16 Å². The minimum atomic E-state index is -1.87. The monoisotopic (exact) mass is 282 g/mol. The SMILES string of the molecule is CC(C)(C)[Si](C)(C)OC(CO)COc1ccccc1. The van der Waals surface area contributed by atoms with Crippen molar-refractivity contribution >= 4 is 8.32 Å². The highest BCUT2D eigenvalue weighted by molar-refractivity contribution is 6.74. The summed E-state index contributed by atoms with van der Waals surface area (Å²) in [6, 6.07) is 9.61. The van der Waals surface area contributed by atoms with Crippen LogP contribution in [-0.4, -0.2) is 32.7 Å². The molecule has 0 saturated heterocycles. The van der Waals surface area contributed by atoms with Crippen molar-refractivity contribution in [3.63, 3.8) is 0 Å². The van der Waals surface area contributed by atoms with Crippen molar-refractivity contribution in [2.75, 3.05) is 13.2 Å². The van der Waals surface area contributed by atoms with Gasteiger partial charge < -0.3 is 14.3 Å². The molecule has 108 valence electrons. The van der Waals surface area contributed by atoms with E-state index in [1.54, 1.807) is 0 Å². The van der Waals surface area contributed by atoms with Gasteiger partial charge in [0.25, 0.3) is 0 Å². The Hall–Kier alpha value is -0.843. The Labute approximate surface area is 117 Å². The average Bonchev–Trinajstić information content (AvgIpc) is 2.34. The van der Waals surface area contributed by atoms with Gasteiger partial charge in [0.15, 0.2) is 8.32 Å². The Morgan fingerprint density at radius 1 is 1.16 bits per heavy atom. The summed E-state index contributed by atoms with van der Waals surface area (Å²) in [5, 5.41) is 9.58. The maximum Gasteiger partial charge on any atom is 0.192 e. The predicted octanol–water partition coefficient (Wildman–Crippen LogP) is 3.45. The zero-order valence-corrected chi connectivity index (χ0v) is 13.6. The van der Waals surface area contributed by atoms with Crippen LogP contribution in [-0.2, 0) is 4.43 Å². The van der Waals surface area contributed by atoms with Gasteiger partial charge in [0.1, 0.15) is 18.5 Å². The maximum absolute atomic E-state index is 9.45. The van der Waals surface area contributed by atoms with Crippen LogP contribution in [0, 0.1) is 0 Å². The first-order valence-electron chi connectivity index (χ1n) is 6.73. The van der Waals surface area contributed by atoms with Gasteiger partial charge in [0, 0.05) is 0 Å². The van der Waals surface area contributed by atoms with E-state index < -0.39 is 8.32 Å². The lowest BCUT2D eigenvalue weighted by molar-refractivity contribution is 0.0614. The van der Waals surface area contributed by atoms with Crippen molar-refractivity contribution in [2.24, 2.45) is 0 Å². The van der Waals surface area contributed by atoms with Crippen molar-refractivity contribution in [2.45, 2.75) is 45.0 Å². The zero-order valence-electron chi connectivity index (χ0n) is 12.6. The molecule has 1 aromatic carbocycles. The van der Waals surface area contributed by atoms with Crippen molar-refractivity contribution in [3.8, 4) is 5.75 Å². The molecule has 1 aromatic rings. The molecule has 1 N–H and O–H groups in total. The third-order valence-corrected chi connectivity index (χ3v) is 8.19. The molecule has 0 heterocycles. The average molecular weight is 282 g/mol. The first-order chi connectivity index (χ1) is 8.76. The van der Waals surface area contributed by atoms with Crippen molar-refractivity contribution in [1.29, 1.82) is 0 Å². The van der Waals surface area contributed by atoms with Crippen molar-refractivity contribution < 1.29 is 14.3 Å². The quantitative estimate of drug-likeness (QED) is 0.812. The van der Waals surface area contributed by atoms with E-state index in [0.29, 0.717) is 6.61 Å². The fraction of sp³-hybridized carbons (Fsp3) is 0.600. The standard InChI is InChI=1S/C15H26O3Si/c1-15(2,3)19(4,5)18-14(11-16)12-17-13-9-7-6-8-10-13/h6-10,14,16H,11-12H2,1-5H3. The Morgan fingerprint density at radius 2 is 1.74 bits per heavy atom. The molecule has 0 fully saturated rings. The molecule has 0 amide bonds.